The first-order valence-corrected chi connectivity index (χ1v) is 10.6. The summed E-state index contributed by atoms with van der Waals surface area (Å²) >= 11 is 5.04. The molecular weight excluding hydrogens is 447 g/mol. The number of rotatable bonds is 6. The second-order valence-electron chi connectivity index (χ2n) is 6.28. The normalized spacial score (nSPS) is 12.2. The van der Waals surface area contributed by atoms with Crippen LogP contribution in [-0.2, 0) is 0 Å². The molecule has 1 amide bonds. The van der Waals surface area contributed by atoms with Gasteiger partial charge in [0.2, 0.25) is 0 Å². The molecule has 1 unspecified atom stereocenters. The number of carbonyl (C=O) groups is 1. The lowest BCUT2D eigenvalue weighted by Gasteiger charge is -2.24. The highest BCUT2D eigenvalue weighted by molar-refractivity contribution is 9.10. The Balaban J connectivity index is 2.22. The van der Waals surface area contributed by atoms with Crippen molar-refractivity contribution in [3.05, 3.63) is 52.3 Å². The van der Waals surface area contributed by atoms with Gasteiger partial charge in [-0.05, 0) is 53.2 Å². The smallest absolute Gasteiger partial charge is 0.255 e. The first-order chi connectivity index (χ1) is 13.3. The van der Waals surface area contributed by atoms with Gasteiger partial charge in [-0.2, -0.15) is 0 Å². The van der Waals surface area contributed by atoms with E-state index in [0.29, 0.717) is 34.4 Å². The number of carbonyl (C=O) groups excluding carboxylic acids is 1. The van der Waals surface area contributed by atoms with Crippen molar-refractivity contribution in [2.45, 2.75) is 13.0 Å². The lowest BCUT2D eigenvalue weighted by Crippen LogP contribution is -2.24. The molecule has 3 aromatic rings. The van der Waals surface area contributed by atoms with Gasteiger partial charge in [-0.1, -0.05) is 11.9 Å². The average molecular weight is 467 g/mol. The predicted octanol–water partition coefficient (Wildman–Crippen LogP) is 4.83. The number of fused-ring (bicyclic) bond motifs is 1. The summed E-state index contributed by atoms with van der Waals surface area (Å²) < 4.78 is 22.1. The van der Waals surface area contributed by atoms with E-state index in [2.05, 4.69) is 21.2 Å². The van der Waals surface area contributed by atoms with Gasteiger partial charge in [-0.3, -0.25) is 4.79 Å². The SMILES string of the molecule is CNC(=O)c1c(-c2ccc(F)cc2)oc2cc(N(CC(C)O)SC)c(Br)cc12. The average Bonchev–Trinajstić information content (AvgIpc) is 3.03. The van der Waals surface area contributed by atoms with Crippen molar-refractivity contribution >= 4 is 50.4 Å². The van der Waals surface area contributed by atoms with Crippen LogP contribution in [0, 0.1) is 5.82 Å². The van der Waals surface area contributed by atoms with Crippen LogP contribution in [0.4, 0.5) is 10.1 Å². The van der Waals surface area contributed by atoms with Gasteiger partial charge < -0.3 is 19.1 Å². The number of amides is 1. The zero-order valence-electron chi connectivity index (χ0n) is 15.6. The van der Waals surface area contributed by atoms with E-state index >= 15 is 0 Å². The van der Waals surface area contributed by atoms with Crippen molar-refractivity contribution < 1.29 is 18.7 Å². The Kier molecular flexibility index (Phi) is 6.32. The van der Waals surface area contributed by atoms with Gasteiger partial charge in [0.25, 0.3) is 5.91 Å². The molecular formula is C20H20BrFN2O3S. The number of halogens is 2. The molecule has 0 aliphatic carbocycles. The van der Waals surface area contributed by atoms with E-state index in [1.54, 1.807) is 26.1 Å². The number of nitrogens with one attached hydrogen (secondary N) is 1. The van der Waals surface area contributed by atoms with Crippen LogP contribution in [0.3, 0.4) is 0 Å². The Labute approximate surface area is 175 Å². The summed E-state index contributed by atoms with van der Waals surface area (Å²) in [4.78, 5) is 12.6. The fourth-order valence-electron chi connectivity index (χ4n) is 2.96. The maximum absolute atomic E-state index is 13.3. The number of nitrogens with zero attached hydrogens (tertiary/aromatic N) is 1. The minimum atomic E-state index is -0.511. The van der Waals surface area contributed by atoms with Gasteiger partial charge >= 0.3 is 0 Å². The van der Waals surface area contributed by atoms with Gasteiger partial charge in [-0.15, -0.1) is 0 Å². The Morgan fingerprint density at radius 3 is 2.61 bits per heavy atom. The monoisotopic (exact) mass is 466 g/mol. The zero-order valence-corrected chi connectivity index (χ0v) is 18.0. The molecule has 3 rings (SSSR count). The predicted molar refractivity (Wildman–Crippen MR) is 115 cm³/mol. The molecule has 2 aromatic carbocycles. The van der Waals surface area contributed by atoms with E-state index in [-0.39, 0.29) is 11.7 Å². The van der Waals surface area contributed by atoms with E-state index in [0.717, 1.165) is 10.2 Å². The number of hydrogen-bond donors (Lipinski definition) is 2. The molecule has 148 valence electrons. The van der Waals surface area contributed by atoms with Gasteiger partial charge in [0, 0.05) is 34.8 Å². The third-order valence-corrected chi connectivity index (χ3v) is 5.66. The third-order valence-electron chi connectivity index (χ3n) is 4.24. The largest absolute Gasteiger partial charge is 0.455 e. The van der Waals surface area contributed by atoms with Crippen molar-refractivity contribution in [3.63, 3.8) is 0 Å². The highest BCUT2D eigenvalue weighted by Gasteiger charge is 2.24. The van der Waals surface area contributed by atoms with Crippen molar-refractivity contribution in [1.29, 1.82) is 0 Å². The van der Waals surface area contributed by atoms with Gasteiger partial charge in [0.05, 0.1) is 23.9 Å². The molecule has 0 fully saturated rings. The van der Waals surface area contributed by atoms with Gasteiger partial charge in [-0.25, -0.2) is 4.39 Å². The molecule has 0 spiro atoms. The first-order valence-electron chi connectivity index (χ1n) is 8.59. The van der Waals surface area contributed by atoms with Gasteiger partial charge in [0.15, 0.2) is 0 Å². The van der Waals surface area contributed by atoms with E-state index in [1.807, 2.05) is 22.7 Å². The van der Waals surface area contributed by atoms with Crippen LogP contribution in [-0.4, -0.2) is 37.0 Å². The maximum atomic E-state index is 13.3. The van der Waals surface area contributed by atoms with E-state index in [9.17, 15) is 14.3 Å². The molecule has 28 heavy (non-hydrogen) atoms. The van der Waals surface area contributed by atoms with Crippen molar-refractivity contribution in [2.75, 3.05) is 24.2 Å². The minimum Gasteiger partial charge on any atom is -0.455 e. The molecule has 8 heteroatoms. The number of furan rings is 1. The lowest BCUT2D eigenvalue weighted by atomic mass is 10.0. The minimum absolute atomic E-state index is 0.288. The van der Waals surface area contributed by atoms with Gasteiger partial charge in [0.1, 0.15) is 17.2 Å². The maximum Gasteiger partial charge on any atom is 0.255 e. The fraction of sp³-hybridized carbons (Fsp3) is 0.250. The summed E-state index contributed by atoms with van der Waals surface area (Å²) in [6, 6.07) is 9.48. The Hall–Kier alpha value is -2.03. The summed E-state index contributed by atoms with van der Waals surface area (Å²) in [7, 11) is 1.55. The van der Waals surface area contributed by atoms with Crippen LogP contribution in [0.25, 0.3) is 22.3 Å². The molecule has 1 atom stereocenters. The number of benzene rings is 2. The summed E-state index contributed by atoms with van der Waals surface area (Å²) in [5.41, 5.74) is 2.35. The molecule has 0 radical (unpaired) electrons. The Morgan fingerprint density at radius 1 is 1.36 bits per heavy atom. The highest BCUT2D eigenvalue weighted by atomic mass is 79.9. The Morgan fingerprint density at radius 2 is 2.04 bits per heavy atom. The van der Waals surface area contributed by atoms with Crippen LogP contribution in [0.5, 0.6) is 0 Å². The molecule has 1 heterocycles. The van der Waals surface area contributed by atoms with Crippen LogP contribution in [0.15, 0.2) is 45.3 Å². The van der Waals surface area contributed by atoms with Crippen LogP contribution in [0.2, 0.25) is 0 Å². The van der Waals surface area contributed by atoms with Crippen LogP contribution >= 0.6 is 27.9 Å². The Bertz CT molecular complexity index is 1000. The van der Waals surface area contributed by atoms with E-state index < -0.39 is 6.10 Å². The number of anilines is 1. The topological polar surface area (TPSA) is 65.7 Å². The molecule has 2 N–H and O–H groups in total. The summed E-state index contributed by atoms with van der Waals surface area (Å²) in [5.74, 6) is -0.270. The number of aliphatic hydroxyl groups is 1. The molecule has 5 nitrogen and oxygen atoms in total. The number of aliphatic hydroxyl groups excluding tert-OH is 1. The zero-order chi connectivity index (χ0) is 20.4. The van der Waals surface area contributed by atoms with Crippen molar-refractivity contribution in [3.8, 4) is 11.3 Å². The molecule has 0 saturated carbocycles. The van der Waals surface area contributed by atoms with Crippen molar-refractivity contribution in [1.82, 2.24) is 5.32 Å². The second kappa shape index (κ2) is 8.55. The summed E-state index contributed by atoms with van der Waals surface area (Å²) in [6.45, 7) is 2.15. The van der Waals surface area contributed by atoms with Crippen molar-refractivity contribution in [2.24, 2.45) is 0 Å². The molecule has 0 aliphatic heterocycles. The van der Waals surface area contributed by atoms with Crippen LogP contribution in [0.1, 0.15) is 17.3 Å². The van der Waals surface area contributed by atoms with E-state index in [1.165, 1.54) is 24.1 Å². The highest BCUT2D eigenvalue weighted by Crippen LogP contribution is 2.40. The lowest BCUT2D eigenvalue weighted by molar-refractivity contribution is 0.0964. The number of hydrogen-bond acceptors (Lipinski definition) is 5. The third kappa shape index (κ3) is 4.04. The quantitative estimate of drug-likeness (QED) is 0.509. The fourth-order valence-corrected chi connectivity index (χ4v) is 4.35. The molecule has 1 aromatic heterocycles. The molecule has 0 bridgehead atoms. The second-order valence-corrected chi connectivity index (χ2v) is 7.94. The molecule has 0 aliphatic rings. The molecule has 0 saturated heterocycles. The van der Waals surface area contributed by atoms with Crippen LogP contribution < -0.4 is 9.62 Å². The summed E-state index contributed by atoms with van der Waals surface area (Å²) in [6.07, 6.45) is 1.41. The first kappa shape index (κ1) is 20.7. The summed E-state index contributed by atoms with van der Waals surface area (Å²) in [5, 5.41) is 13.1. The standard InChI is InChI=1S/C20H20BrFN2O3S/c1-11(25)10-24(28-3)16-9-17-14(8-15(16)21)18(20(26)23-2)19(27-17)12-4-6-13(22)7-5-12/h4-9,11,25H,10H2,1-3H3,(H,23,26). The van der Waals surface area contributed by atoms with E-state index in [4.69, 9.17) is 4.42 Å².